The van der Waals surface area contributed by atoms with E-state index in [1.165, 1.54) is 37.4 Å². The van der Waals surface area contributed by atoms with Crippen LogP contribution < -0.4 is 20.4 Å². The SMILES string of the molecule is COc1ccc(C2(C(=O)N(C)[C@H](CCO[Si](c3ccccc3)(c3ccccc3)C(C)(C)C)C(=O)Nc3ccc4c(cnn4C(=O)O)n3)CCC(F)(F)CC2)cc1. The topological polar surface area (TPSA) is 136 Å². The molecule has 0 aliphatic heterocycles. The predicted molar refractivity (Wildman–Crippen MR) is 212 cm³/mol. The van der Waals surface area contributed by atoms with Crippen LogP contribution in [0.4, 0.5) is 19.4 Å². The van der Waals surface area contributed by atoms with Gasteiger partial charge in [0, 0.05) is 26.5 Å². The second-order valence-electron chi connectivity index (χ2n) is 15.3. The van der Waals surface area contributed by atoms with Gasteiger partial charge in [0.2, 0.25) is 17.7 Å². The van der Waals surface area contributed by atoms with E-state index in [-0.39, 0.29) is 47.8 Å². The van der Waals surface area contributed by atoms with E-state index in [4.69, 9.17) is 9.16 Å². The van der Waals surface area contributed by atoms with Crippen LogP contribution in [0.1, 0.15) is 58.4 Å². The van der Waals surface area contributed by atoms with Crippen LogP contribution in [0.5, 0.6) is 5.75 Å². The first kappa shape index (κ1) is 40.2. The quantitative estimate of drug-likeness (QED) is 0.131. The highest BCUT2D eigenvalue weighted by atomic mass is 28.4. The molecule has 2 N–H and O–H groups in total. The molecule has 0 saturated heterocycles. The van der Waals surface area contributed by atoms with Gasteiger partial charge in [0.15, 0.2) is 0 Å². The maximum atomic E-state index is 14.9. The van der Waals surface area contributed by atoms with E-state index in [0.717, 1.165) is 15.1 Å². The maximum Gasteiger partial charge on any atom is 0.432 e. The van der Waals surface area contributed by atoms with Gasteiger partial charge in [-0.15, -0.1) is 0 Å². The lowest BCUT2D eigenvalue weighted by atomic mass is 9.67. The molecule has 1 aliphatic rings. The minimum absolute atomic E-state index is 0.0621. The van der Waals surface area contributed by atoms with Gasteiger partial charge in [0.05, 0.1) is 24.2 Å². The molecule has 5 aromatic rings. The Balaban J connectivity index is 1.37. The first-order chi connectivity index (χ1) is 26.6. The fourth-order valence-corrected chi connectivity index (χ4v) is 12.6. The Labute approximate surface area is 325 Å². The van der Waals surface area contributed by atoms with Crippen LogP contribution in [0, 0.1) is 0 Å². The molecule has 0 bridgehead atoms. The van der Waals surface area contributed by atoms with Crippen molar-refractivity contribution in [1.82, 2.24) is 19.7 Å². The smallest absolute Gasteiger partial charge is 0.432 e. The van der Waals surface area contributed by atoms with Gasteiger partial charge in [-0.25, -0.2) is 18.6 Å². The minimum atomic E-state index is -3.05. The predicted octanol–water partition coefficient (Wildman–Crippen LogP) is 6.85. The summed E-state index contributed by atoms with van der Waals surface area (Å²) in [5.41, 5.74) is -0.296. The second kappa shape index (κ2) is 15.9. The van der Waals surface area contributed by atoms with Crippen molar-refractivity contribution in [2.45, 2.75) is 75.3 Å². The second-order valence-corrected chi connectivity index (χ2v) is 19.6. The number of carbonyl (C=O) groups is 3. The summed E-state index contributed by atoms with van der Waals surface area (Å²) in [6.07, 6.45) is -1.15. The maximum absolute atomic E-state index is 14.9. The molecule has 0 radical (unpaired) electrons. The number of methoxy groups -OCH3 is 1. The lowest BCUT2D eigenvalue weighted by Gasteiger charge is -2.44. The van der Waals surface area contributed by atoms with Crippen LogP contribution in [0.2, 0.25) is 5.04 Å². The lowest BCUT2D eigenvalue weighted by Crippen LogP contribution is -2.66. The zero-order chi connectivity index (χ0) is 40.3. The van der Waals surface area contributed by atoms with Crippen molar-refractivity contribution < 1.29 is 37.4 Å². The summed E-state index contributed by atoms with van der Waals surface area (Å²) >= 11 is 0. The van der Waals surface area contributed by atoms with Crippen LogP contribution in [0.25, 0.3) is 11.0 Å². The summed E-state index contributed by atoms with van der Waals surface area (Å²) in [5.74, 6) is -3.28. The average Bonchev–Trinajstić information content (AvgIpc) is 3.62. The fourth-order valence-electron chi connectivity index (χ4n) is 7.99. The first-order valence-electron chi connectivity index (χ1n) is 18.6. The monoisotopic (exact) mass is 783 g/mol. The number of hydrogen-bond donors (Lipinski definition) is 2. The number of ether oxygens (including phenoxy) is 1. The number of carbonyl (C=O) groups excluding carboxylic acids is 2. The van der Waals surface area contributed by atoms with Gasteiger partial charge in [-0.1, -0.05) is 93.6 Å². The molecule has 1 saturated carbocycles. The first-order valence-corrected chi connectivity index (χ1v) is 20.5. The summed E-state index contributed by atoms with van der Waals surface area (Å²) in [6.45, 7) is 6.51. The normalized spacial score (nSPS) is 15.8. The van der Waals surface area contributed by atoms with E-state index in [1.54, 1.807) is 24.3 Å². The highest BCUT2D eigenvalue weighted by molar-refractivity contribution is 6.99. The number of carboxylic acid groups (broad SMARTS) is 1. The van der Waals surface area contributed by atoms with Crippen LogP contribution in [-0.4, -0.2) is 83.7 Å². The number of alkyl halides is 2. The van der Waals surface area contributed by atoms with Crippen molar-refractivity contribution in [2.75, 3.05) is 26.1 Å². The third kappa shape index (κ3) is 7.80. The molecule has 294 valence electrons. The molecule has 1 fully saturated rings. The molecule has 56 heavy (non-hydrogen) atoms. The average molecular weight is 784 g/mol. The van der Waals surface area contributed by atoms with Gasteiger partial charge in [0.1, 0.15) is 23.1 Å². The van der Waals surface area contributed by atoms with Crippen molar-refractivity contribution in [1.29, 1.82) is 0 Å². The summed E-state index contributed by atoms with van der Waals surface area (Å²) < 4.78 is 42.7. The third-order valence-electron chi connectivity index (χ3n) is 11.0. The fraction of sp³-hybridized carbons (Fsp3) is 0.357. The Morgan fingerprint density at radius 2 is 1.50 bits per heavy atom. The number of fused-ring (bicyclic) bond motifs is 1. The molecule has 2 aromatic heterocycles. The van der Waals surface area contributed by atoms with Gasteiger partial charge in [-0.2, -0.15) is 9.78 Å². The number of likely N-dealkylation sites (N-methyl/N-ethyl adjacent to an activating group) is 1. The standard InChI is InChI=1S/C42H47F2N5O6Si/c1-40(2,3)56(31-12-8-6-9-13-31,32-14-10-7-11-15-32)55-27-22-35(37(50)47-36-21-20-34-33(46-36)28-45-49(34)39(52)53)48(4)38(51)41(23-25-42(43,44)26-24-41)29-16-18-30(54-5)19-17-29/h6-21,28,35H,22-27H2,1-5H3,(H,52,53)(H,46,47,50)/t35-/m1/s1. The molecule has 2 heterocycles. The van der Waals surface area contributed by atoms with Gasteiger partial charge in [-0.3, -0.25) is 9.59 Å². The molecule has 2 amide bonds. The molecule has 3 aromatic carbocycles. The van der Waals surface area contributed by atoms with Crippen LogP contribution in [-0.2, 0) is 19.4 Å². The van der Waals surface area contributed by atoms with E-state index in [9.17, 15) is 28.3 Å². The van der Waals surface area contributed by atoms with Gasteiger partial charge >= 0.3 is 6.09 Å². The number of aromatic nitrogens is 3. The number of pyridine rings is 1. The van der Waals surface area contributed by atoms with E-state index >= 15 is 0 Å². The van der Waals surface area contributed by atoms with Crippen molar-refractivity contribution in [3.05, 3.63) is 109 Å². The highest BCUT2D eigenvalue weighted by Crippen LogP contribution is 2.47. The van der Waals surface area contributed by atoms with E-state index in [2.05, 4.69) is 60.4 Å². The largest absolute Gasteiger partial charge is 0.497 e. The Morgan fingerprint density at radius 3 is 2.04 bits per heavy atom. The summed E-state index contributed by atoms with van der Waals surface area (Å²) in [6, 6.07) is 28.8. The molecule has 6 rings (SSSR count). The Kier molecular flexibility index (Phi) is 11.4. The Morgan fingerprint density at radius 1 is 0.911 bits per heavy atom. The number of amides is 2. The Bertz CT molecular complexity index is 2130. The molecule has 0 unspecified atom stereocenters. The summed E-state index contributed by atoms with van der Waals surface area (Å²) in [4.78, 5) is 46.8. The zero-order valence-electron chi connectivity index (χ0n) is 32.2. The van der Waals surface area contributed by atoms with Crippen LogP contribution >= 0.6 is 0 Å². The lowest BCUT2D eigenvalue weighted by molar-refractivity contribution is -0.147. The van der Waals surface area contributed by atoms with Crippen molar-refractivity contribution in [2.24, 2.45) is 0 Å². The van der Waals surface area contributed by atoms with Crippen molar-refractivity contribution in [3.8, 4) is 5.75 Å². The number of nitrogens with zero attached hydrogens (tertiary/aromatic N) is 4. The molecule has 11 nitrogen and oxygen atoms in total. The number of nitrogens with one attached hydrogen (secondary N) is 1. The molecule has 1 atom stereocenters. The van der Waals surface area contributed by atoms with E-state index in [1.807, 2.05) is 36.4 Å². The number of anilines is 1. The zero-order valence-corrected chi connectivity index (χ0v) is 33.2. The van der Waals surface area contributed by atoms with Crippen LogP contribution in [0.15, 0.2) is 103 Å². The third-order valence-corrected chi connectivity index (χ3v) is 16.0. The van der Waals surface area contributed by atoms with Gasteiger partial charge in [0.25, 0.3) is 8.32 Å². The van der Waals surface area contributed by atoms with Crippen molar-refractivity contribution >= 4 is 53.4 Å². The molecular formula is C42H47F2N5O6Si. The minimum Gasteiger partial charge on any atom is -0.497 e. The Hall–Kier alpha value is -5.47. The van der Waals surface area contributed by atoms with E-state index < -0.39 is 56.4 Å². The molecule has 14 heteroatoms. The summed E-state index contributed by atoms with van der Waals surface area (Å²) in [5, 5.41) is 17.9. The highest BCUT2D eigenvalue weighted by Gasteiger charge is 2.52. The number of halogens is 2. The number of hydrogen-bond acceptors (Lipinski definition) is 7. The van der Waals surface area contributed by atoms with Gasteiger partial charge < -0.3 is 24.5 Å². The van der Waals surface area contributed by atoms with Crippen molar-refractivity contribution in [3.63, 3.8) is 0 Å². The summed E-state index contributed by atoms with van der Waals surface area (Å²) in [7, 11) is 0.000979. The molecule has 1 aliphatic carbocycles. The van der Waals surface area contributed by atoms with E-state index in [0.29, 0.717) is 11.3 Å². The van der Waals surface area contributed by atoms with Crippen LogP contribution in [0.3, 0.4) is 0 Å². The van der Waals surface area contributed by atoms with Gasteiger partial charge in [-0.05, 0) is 64.5 Å². The number of rotatable bonds is 12. The molecule has 0 spiro atoms. The number of benzene rings is 3. The molecular weight excluding hydrogens is 737 g/mol.